The van der Waals surface area contributed by atoms with Crippen molar-refractivity contribution in [2.75, 3.05) is 0 Å². The van der Waals surface area contributed by atoms with Crippen molar-refractivity contribution in [3.8, 4) is 0 Å². The molecule has 1 nitrogen and oxygen atoms in total. The van der Waals surface area contributed by atoms with Crippen molar-refractivity contribution in [2.45, 2.75) is 7.43 Å². The molecular weight excluding hydrogens is 123 g/mol. The minimum atomic E-state index is 0. The van der Waals surface area contributed by atoms with Crippen LogP contribution in [0.1, 0.15) is 13.1 Å². The van der Waals surface area contributed by atoms with Gasteiger partial charge in [-0.05, 0) is 0 Å². The standard InChI is InChI=1S/CH4.Ca.Mg.H2O.H3P.4H/h1H4;;;1H2;1H3;;;;/q;2*+2;;;4*-1. The molecule has 0 radical (unpaired) electrons. The third-order valence-electron chi connectivity index (χ3n) is 0. The number of rotatable bonds is 0. The van der Waals surface area contributed by atoms with E-state index in [0.29, 0.717) is 0 Å². The molecule has 1 atom stereocenters. The Bertz CT molecular complexity index is 20.5. The van der Waals surface area contributed by atoms with Crippen molar-refractivity contribution in [3.05, 3.63) is 0 Å². The predicted octanol–water partition coefficient (Wildman–Crippen LogP) is -0.442. The van der Waals surface area contributed by atoms with Gasteiger partial charge in [0.25, 0.3) is 0 Å². The molecule has 0 spiro atoms. The SMILES string of the molecule is C.O.P.[Ca+2].[H-].[H-].[H-].[H-].[Mg+2]. The molecule has 0 rings (SSSR count). The molecule has 0 aliphatic carbocycles. The van der Waals surface area contributed by atoms with Gasteiger partial charge < -0.3 is 11.2 Å². The molecule has 0 heterocycles. The summed E-state index contributed by atoms with van der Waals surface area (Å²) in [6.07, 6.45) is 0. The summed E-state index contributed by atoms with van der Waals surface area (Å²) >= 11 is 0. The van der Waals surface area contributed by atoms with Gasteiger partial charge in [-0.25, -0.2) is 0 Å². The van der Waals surface area contributed by atoms with Crippen LogP contribution in [0.4, 0.5) is 0 Å². The maximum Gasteiger partial charge on any atom is 2.00 e. The monoisotopic (exact) mass is 136 g/mol. The van der Waals surface area contributed by atoms with Gasteiger partial charge in [-0.3, -0.25) is 0 Å². The Morgan fingerprint density at radius 2 is 1.20 bits per heavy atom. The van der Waals surface area contributed by atoms with Crippen LogP contribution in [0.3, 0.4) is 0 Å². The van der Waals surface area contributed by atoms with Crippen LogP contribution in [0.25, 0.3) is 0 Å². The number of hydrogen-bond donors (Lipinski definition) is 0. The fourth-order valence-corrected chi connectivity index (χ4v) is 0. The average molecular weight is 136 g/mol. The zero-order valence-corrected chi connectivity index (χ0v) is 7.66. The molecule has 0 aromatic heterocycles. The molecule has 0 aliphatic heterocycles. The molecule has 0 fully saturated rings. The van der Waals surface area contributed by atoms with Crippen LogP contribution in [0, 0.1) is 0 Å². The first-order chi connectivity index (χ1) is 0. The second kappa shape index (κ2) is 32.2. The predicted molar refractivity (Wildman–Crippen MR) is 37.4 cm³/mol. The first-order valence-electron chi connectivity index (χ1n) is 0. The maximum atomic E-state index is 0. The van der Waals surface area contributed by atoms with E-state index < -0.39 is 0 Å². The topological polar surface area (TPSA) is 31.5 Å². The van der Waals surface area contributed by atoms with E-state index in [4.69, 9.17) is 0 Å². The summed E-state index contributed by atoms with van der Waals surface area (Å²) < 4.78 is 0. The Balaban J connectivity index is 0. The summed E-state index contributed by atoms with van der Waals surface area (Å²) in [4.78, 5) is 0. The van der Waals surface area contributed by atoms with Crippen molar-refractivity contribution in [2.24, 2.45) is 0 Å². The van der Waals surface area contributed by atoms with E-state index in [1.165, 1.54) is 0 Å². The van der Waals surface area contributed by atoms with Gasteiger partial charge in [-0.2, -0.15) is 9.90 Å². The van der Waals surface area contributed by atoms with Crippen LogP contribution in [-0.4, -0.2) is 66.3 Å². The minimum absolute atomic E-state index is 0. The molecule has 2 N–H and O–H groups in total. The summed E-state index contributed by atoms with van der Waals surface area (Å²) in [6, 6.07) is 0. The normalized spacial score (nSPS) is 0. The van der Waals surface area contributed by atoms with E-state index in [9.17, 15) is 0 Å². The van der Waals surface area contributed by atoms with Gasteiger partial charge in [0.2, 0.25) is 0 Å². The van der Waals surface area contributed by atoms with Crippen molar-refractivity contribution < 1.29 is 11.2 Å². The van der Waals surface area contributed by atoms with Gasteiger partial charge in [0, 0.05) is 0 Å². The first-order valence-corrected chi connectivity index (χ1v) is 0. The van der Waals surface area contributed by atoms with Gasteiger partial charge in [0.1, 0.15) is 0 Å². The van der Waals surface area contributed by atoms with Crippen molar-refractivity contribution in [1.29, 1.82) is 0 Å². The summed E-state index contributed by atoms with van der Waals surface area (Å²) in [5, 5.41) is 0. The zero-order valence-electron chi connectivity index (χ0n) is 6.62. The Kier molecular flexibility index (Phi) is 337. The Morgan fingerprint density at radius 1 is 1.20 bits per heavy atom. The molecule has 0 aliphatic rings. The third kappa shape index (κ3) is 21.4. The molecular formula is CH13CaMgOP. The number of hydrogen-bond acceptors (Lipinski definition) is 0. The van der Waals surface area contributed by atoms with Crippen molar-refractivity contribution in [1.82, 2.24) is 0 Å². The van der Waals surface area contributed by atoms with Crippen LogP contribution in [0.5, 0.6) is 0 Å². The maximum absolute atomic E-state index is 0. The van der Waals surface area contributed by atoms with E-state index in [1.807, 2.05) is 0 Å². The largest absolute Gasteiger partial charge is 2.00 e. The summed E-state index contributed by atoms with van der Waals surface area (Å²) in [6.45, 7) is 0. The van der Waals surface area contributed by atoms with Gasteiger partial charge in [-0.1, -0.05) is 7.43 Å². The fourth-order valence-electron chi connectivity index (χ4n) is 0. The molecule has 5 heavy (non-hydrogen) atoms. The van der Waals surface area contributed by atoms with Crippen LogP contribution in [-0.2, 0) is 0 Å². The van der Waals surface area contributed by atoms with Crippen LogP contribution >= 0.6 is 9.90 Å². The van der Waals surface area contributed by atoms with Crippen molar-refractivity contribution in [3.63, 3.8) is 0 Å². The molecule has 0 bridgehead atoms. The summed E-state index contributed by atoms with van der Waals surface area (Å²) in [5.74, 6) is 0. The second-order valence-corrected chi connectivity index (χ2v) is 0. The van der Waals surface area contributed by atoms with Crippen molar-refractivity contribution >= 4 is 70.7 Å². The molecule has 32 valence electrons. The van der Waals surface area contributed by atoms with Gasteiger partial charge in [-0.15, -0.1) is 0 Å². The Hall–Kier alpha value is 2.42. The summed E-state index contributed by atoms with van der Waals surface area (Å²) in [5.41, 5.74) is 0. The van der Waals surface area contributed by atoms with Gasteiger partial charge >= 0.3 is 60.8 Å². The molecule has 0 saturated heterocycles. The molecule has 1 unspecified atom stereocenters. The van der Waals surface area contributed by atoms with Crippen LogP contribution in [0.2, 0.25) is 0 Å². The van der Waals surface area contributed by atoms with E-state index in [-0.39, 0.29) is 89.3 Å². The van der Waals surface area contributed by atoms with E-state index in [2.05, 4.69) is 0 Å². The van der Waals surface area contributed by atoms with E-state index in [1.54, 1.807) is 0 Å². The summed E-state index contributed by atoms with van der Waals surface area (Å²) in [7, 11) is 0. The average Bonchev–Trinajstić information content (AvgIpc) is 0. The van der Waals surface area contributed by atoms with E-state index >= 15 is 0 Å². The van der Waals surface area contributed by atoms with Gasteiger partial charge in [0.05, 0.1) is 0 Å². The molecule has 4 heteroatoms. The van der Waals surface area contributed by atoms with Crippen LogP contribution in [0.15, 0.2) is 0 Å². The Labute approximate surface area is 88.3 Å². The van der Waals surface area contributed by atoms with Gasteiger partial charge in [0.15, 0.2) is 0 Å². The zero-order chi connectivity index (χ0) is 0. The van der Waals surface area contributed by atoms with E-state index in [0.717, 1.165) is 0 Å². The second-order valence-electron chi connectivity index (χ2n) is 0. The molecule has 0 aromatic rings. The Morgan fingerprint density at radius 3 is 1.20 bits per heavy atom. The smallest absolute Gasteiger partial charge is 1.00 e. The fraction of sp³-hybridized carbons (Fsp3) is 1.00. The third-order valence-corrected chi connectivity index (χ3v) is 0. The molecule has 0 saturated carbocycles. The molecule has 0 amide bonds. The molecule has 0 aromatic carbocycles. The quantitative estimate of drug-likeness (QED) is 0.319. The first kappa shape index (κ1) is 52.3. The minimum Gasteiger partial charge on any atom is -1.00 e. The van der Waals surface area contributed by atoms with Crippen LogP contribution < -0.4 is 0 Å².